The van der Waals surface area contributed by atoms with Crippen LogP contribution in [-0.4, -0.2) is 33.2 Å². The summed E-state index contributed by atoms with van der Waals surface area (Å²) in [4.78, 5) is 25.7. The van der Waals surface area contributed by atoms with E-state index in [1.807, 2.05) is 0 Å². The highest BCUT2D eigenvalue weighted by Crippen LogP contribution is 2.35. The maximum atomic E-state index is 13.7. The minimum atomic E-state index is -1.02. The molecular weight excluding hydrogens is 303 g/mol. The number of aryl methyl sites for hydroxylation is 1. The molecule has 0 unspecified atom stereocenters. The van der Waals surface area contributed by atoms with Gasteiger partial charge in [0.2, 0.25) is 5.16 Å². The average molecular weight is 312 g/mol. The van der Waals surface area contributed by atoms with Crippen LogP contribution in [0.2, 0.25) is 0 Å². The van der Waals surface area contributed by atoms with Crippen LogP contribution >= 0.6 is 11.8 Å². The van der Waals surface area contributed by atoms with E-state index in [2.05, 4.69) is 19.9 Å². The Kier molecular flexibility index (Phi) is 4.17. The summed E-state index contributed by atoms with van der Waals surface area (Å²) in [6.07, 6.45) is 0. The number of halogens is 1. The molecule has 2 rings (SSSR count). The number of aromatic amines is 1. The maximum absolute atomic E-state index is 13.7. The molecule has 21 heavy (non-hydrogen) atoms. The summed E-state index contributed by atoms with van der Waals surface area (Å²) in [5, 5.41) is 17.6. The number of nitro groups is 1. The molecule has 1 aromatic carbocycles. The SMILES string of the molecule is COC(=O)c1cc(Sc2n[nH]c(C)n2)c([N+](=O)[O-])cc1F. The number of ether oxygens (including phenoxy) is 1. The highest BCUT2D eigenvalue weighted by Gasteiger charge is 2.24. The summed E-state index contributed by atoms with van der Waals surface area (Å²) in [7, 11) is 1.09. The fourth-order valence-electron chi connectivity index (χ4n) is 1.50. The molecule has 1 aromatic heterocycles. The molecule has 1 heterocycles. The maximum Gasteiger partial charge on any atom is 0.340 e. The lowest BCUT2D eigenvalue weighted by Crippen LogP contribution is -2.06. The Labute approximate surface area is 121 Å². The molecule has 110 valence electrons. The number of carbonyl (C=O) groups is 1. The normalized spacial score (nSPS) is 10.4. The Morgan fingerprint density at radius 2 is 2.24 bits per heavy atom. The Morgan fingerprint density at radius 1 is 1.52 bits per heavy atom. The van der Waals surface area contributed by atoms with Crippen LogP contribution in [0.1, 0.15) is 16.2 Å². The predicted octanol–water partition coefficient (Wildman–Crippen LogP) is 2.10. The number of H-pyrrole nitrogens is 1. The number of rotatable bonds is 4. The van der Waals surface area contributed by atoms with Crippen molar-refractivity contribution in [1.82, 2.24) is 15.2 Å². The molecule has 0 saturated carbocycles. The van der Waals surface area contributed by atoms with E-state index >= 15 is 0 Å². The molecule has 0 bridgehead atoms. The number of nitrogens with zero attached hydrogens (tertiary/aromatic N) is 3. The Morgan fingerprint density at radius 3 is 2.76 bits per heavy atom. The van der Waals surface area contributed by atoms with E-state index in [1.54, 1.807) is 6.92 Å². The lowest BCUT2D eigenvalue weighted by molar-refractivity contribution is -0.387. The number of nitrogens with one attached hydrogen (secondary N) is 1. The zero-order valence-electron chi connectivity index (χ0n) is 10.9. The van der Waals surface area contributed by atoms with Crippen LogP contribution in [0.4, 0.5) is 10.1 Å². The van der Waals surface area contributed by atoms with Crippen molar-refractivity contribution in [3.8, 4) is 0 Å². The van der Waals surface area contributed by atoms with Crippen LogP contribution in [-0.2, 0) is 4.74 Å². The smallest absolute Gasteiger partial charge is 0.340 e. The van der Waals surface area contributed by atoms with Gasteiger partial charge in [0.1, 0.15) is 11.6 Å². The van der Waals surface area contributed by atoms with Crippen molar-refractivity contribution in [3.63, 3.8) is 0 Å². The largest absolute Gasteiger partial charge is 0.465 e. The van der Waals surface area contributed by atoms with Gasteiger partial charge in [0.25, 0.3) is 5.69 Å². The molecule has 0 saturated heterocycles. The second-order valence-corrected chi connectivity index (χ2v) is 4.86. The van der Waals surface area contributed by atoms with E-state index in [0.29, 0.717) is 11.9 Å². The van der Waals surface area contributed by atoms with Crippen molar-refractivity contribution in [3.05, 3.63) is 39.5 Å². The second-order valence-electron chi connectivity index (χ2n) is 3.85. The summed E-state index contributed by atoms with van der Waals surface area (Å²) < 4.78 is 18.2. The quantitative estimate of drug-likeness (QED) is 0.522. The van der Waals surface area contributed by atoms with Crippen molar-refractivity contribution in [1.29, 1.82) is 0 Å². The summed E-state index contributed by atoms with van der Waals surface area (Å²) in [5.74, 6) is -1.42. The van der Waals surface area contributed by atoms with Crippen LogP contribution < -0.4 is 0 Å². The van der Waals surface area contributed by atoms with Gasteiger partial charge in [-0.1, -0.05) is 0 Å². The minimum absolute atomic E-state index is 0.0424. The van der Waals surface area contributed by atoms with Gasteiger partial charge in [-0.3, -0.25) is 15.2 Å². The van der Waals surface area contributed by atoms with Crippen molar-refractivity contribution >= 4 is 23.4 Å². The first kappa shape index (κ1) is 14.9. The summed E-state index contributed by atoms with van der Waals surface area (Å²) in [5.41, 5.74) is -0.870. The van der Waals surface area contributed by atoms with E-state index in [0.717, 1.165) is 24.9 Å². The number of benzene rings is 1. The third-order valence-corrected chi connectivity index (χ3v) is 3.34. The lowest BCUT2D eigenvalue weighted by atomic mass is 10.2. The fourth-order valence-corrected chi connectivity index (χ4v) is 2.39. The van der Waals surface area contributed by atoms with E-state index < -0.39 is 28.0 Å². The van der Waals surface area contributed by atoms with Gasteiger partial charge in [-0.25, -0.2) is 14.2 Å². The Bertz CT molecular complexity index is 718. The summed E-state index contributed by atoms with van der Waals surface area (Å²) in [6.45, 7) is 1.66. The molecule has 0 atom stereocenters. The molecule has 2 aromatic rings. The Balaban J connectivity index is 2.50. The van der Waals surface area contributed by atoms with Gasteiger partial charge >= 0.3 is 5.97 Å². The molecule has 0 fully saturated rings. The zero-order valence-corrected chi connectivity index (χ0v) is 11.7. The van der Waals surface area contributed by atoms with E-state index in [4.69, 9.17) is 0 Å². The fraction of sp³-hybridized carbons (Fsp3) is 0.182. The second kappa shape index (κ2) is 5.87. The van der Waals surface area contributed by atoms with Gasteiger partial charge in [-0.15, -0.1) is 5.10 Å². The van der Waals surface area contributed by atoms with Gasteiger partial charge in [-0.2, -0.15) is 0 Å². The molecule has 0 aliphatic heterocycles. The van der Waals surface area contributed by atoms with E-state index in [1.165, 1.54) is 0 Å². The van der Waals surface area contributed by atoms with Gasteiger partial charge in [0.05, 0.1) is 28.6 Å². The van der Waals surface area contributed by atoms with Gasteiger partial charge in [0, 0.05) is 0 Å². The van der Waals surface area contributed by atoms with Gasteiger partial charge < -0.3 is 4.74 Å². The first-order valence-electron chi connectivity index (χ1n) is 5.55. The molecular formula is C11H9FN4O4S. The molecule has 0 amide bonds. The van der Waals surface area contributed by atoms with Crippen LogP contribution in [0.25, 0.3) is 0 Å². The zero-order chi connectivity index (χ0) is 15.6. The number of methoxy groups -OCH3 is 1. The molecule has 0 aliphatic rings. The van der Waals surface area contributed by atoms with Gasteiger partial charge in [-0.05, 0) is 24.8 Å². The number of hydrogen-bond acceptors (Lipinski definition) is 7. The first-order valence-corrected chi connectivity index (χ1v) is 6.37. The van der Waals surface area contributed by atoms with Crippen molar-refractivity contribution in [2.75, 3.05) is 7.11 Å². The average Bonchev–Trinajstić information content (AvgIpc) is 2.84. The van der Waals surface area contributed by atoms with Gasteiger partial charge in [0.15, 0.2) is 0 Å². The minimum Gasteiger partial charge on any atom is -0.465 e. The number of esters is 1. The molecule has 0 aliphatic carbocycles. The number of nitro benzene ring substituents is 1. The van der Waals surface area contributed by atoms with Crippen molar-refractivity contribution in [2.45, 2.75) is 17.0 Å². The highest BCUT2D eigenvalue weighted by atomic mass is 32.2. The summed E-state index contributed by atoms with van der Waals surface area (Å²) in [6, 6.07) is 1.73. The Hall–Kier alpha value is -2.49. The van der Waals surface area contributed by atoms with Crippen LogP contribution in [0.15, 0.2) is 22.2 Å². The number of carbonyl (C=O) groups excluding carboxylic acids is 1. The highest BCUT2D eigenvalue weighted by molar-refractivity contribution is 7.99. The van der Waals surface area contributed by atoms with Crippen LogP contribution in [0, 0.1) is 22.9 Å². The third kappa shape index (κ3) is 3.16. The number of hydrogen-bond donors (Lipinski definition) is 1. The lowest BCUT2D eigenvalue weighted by Gasteiger charge is -2.05. The first-order chi connectivity index (χ1) is 9.92. The molecule has 0 spiro atoms. The van der Waals surface area contributed by atoms with Crippen LogP contribution in [0.3, 0.4) is 0 Å². The summed E-state index contributed by atoms with van der Waals surface area (Å²) >= 11 is 0.845. The topological polar surface area (TPSA) is 111 Å². The molecule has 0 radical (unpaired) electrons. The molecule has 1 N–H and O–H groups in total. The van der Waals surface area contributed by atoms with E-state index in [-0.39, 0.29) is 10.1 Å². The number of aromatic nitrogens is 3. The molecule has 10 heteroatoms. The third-order valence-electron chi connectivity index (χ3n) is 2.43. The predicted molar refractivity (Wildman–Crippen MR) is 69.6 cm³/mol. The standard InChI is InChI=1S/C11H9FN4O4S/c1-5-13-11(15-14-5)21-9-3-6(10(17)20-2)7(12)4-8(9)16(18)19/h3-4H,1-2H3,(H,13,14,15). The van der Waals surface area contributed by atoms with E-state index in [9.17, 15) is 19.3 Å². The van der Waals surface area contributed by atoms with Crippen molar-refractivity contribution in [2.24, 2.45) is 0 Å². The van der Waals surface area contributed by atoms with Crippen LogP contribution in [0.5, 0.6) is 0 Å². The van der Waals surface area contributed by atoms with Crippen molar-refractivity contribution < 1.29 is 18.8 Å². The molecule has 8 nitrogen and oxygen atoms in total. The monoisotopic (exact) mass is 312 g/mol.